The van der Waals surface area contributed by atoms with Crippen LogP contribution < -0.4 is 5.73 Å². The molecule has 0 atom stereocenters. The molecule has 0 fully saturated rings. The van der Waals surface area contributed by atoms with E-state index in [-0.39, 0.29) is 0 Å². The van der Waals surface area contributed by atoms with Crippen LogP contribution in [0, 0.1) is 0 Å². The van der Waals surface area contributed by atoms with Crippen molar-refractivity contribution in [1.29, 1.82) is 0 Å². The second kappa shape index (κ2) is 3.30. The van der Waals surface area contributed by atoms with E-state index >= 15 is 0 Å². The van der Waals surface area contributed by atoms with Crippen LogP contribution in [0.25, 0.3) is 22.4 Å². The Balaban J connectivity index is 2.22. The molecule has 0 radical (unpaired) electrons. The van der Waals surface area contributed by atoms with Crippen LogP contribution in [-0.2, 0) is 0 Å². The Morgan fingerprint density at radius 3 is 2.75 bits per heavy atom. The molecular formula is C11H8N4O. The second-order valence-corrected chi connectivity index (χ2v) is 3.39. The van der Waals surface area contributed by atoms with Crippen molar-refractivity contribution in [3.63, 3.8) is 0 Å². The number of benzene rings is 1. The van der Waals surface area contributed by atoms with Crippen LogP contribution in [0.3, 0.4) is 0 Å². The van der Waals surface area contributed by atoms with E-state index in [2.05, 4.69) is 15.1 Å². The number of nitrogen functional groups attached to an aromatic ring is 1. The van der Waals surface area contributed by atoms with Crippen molar-refractivity contribution in [2.24, 2.45) is 0 Å². The van der Waals surface area contributed by atoms with Crippen molar-refractivity contribution >= 4 is 16.8 Å². The largest absolute Gasteiger partial charge is 0.399 e. The molecule has 0 spiro atoms. The number of anilines is 1. The fourth-order valence-corrected chi connectivity index (χ4v) is 1.54. The van der Waals surface area contributed by atoms with Gasteiger partial charge in [0.25, 0.3) is 5.71 Å². The van der Waals surface area contributed by atoms with E-state index in [1.165, 1.54) is 6.33 Å². The molecule has 1 aromatic carbocycles. The summed E-state index contributed by atoms with van der Waals surface area (Å²) in [5, 5.41) is 4.78. The molecule has 0 unspecified atom stereocenters. The van der Waals surface area contributed by atoms with Gasteiger partial charge in [-0.25, -0.2) is 4.98 Å². The third-order valence-corrected chi connectivity index (χ3v) is 2.34. The van der Waals surface area contributed by atoms with Crippen LogP contribution in [-0.4, -0.2) is 15.1 Å². The molecule has 3 rings (SSSR count). The van der Waals surface area contributed by atoms with Gasteiger partial charge in [0.15, 0.2) is 0 Å². The van der Waals surface area contributed by atoms with Gasteiger partial charge in [-0.3, -0.25) is 0 Å². The van der Waals surface area contributed by atoms with Crippen LogP contribution in [0.15, 0.2) is 41.3 Å². The lowest BCUT2D eigenvalue weighted by Gasteiger charge is -1.96. The summed E-state index contributed by atoms with van der Waals surface area (Å²) >= 11 is 0. The lowest BCUT2D eigenvalue weighted by atomic mass is 10.1. The Bertz CT molecular complexity index is 630. The summed E-state index contributed by atoms with van der Waals surface area (Å²) < 4.78 is 5.10. The molecule has 5 nitrogen and oxygen atoms in total. The van der Waals surface area contributed by atoms with Crippen molar-refractivity contribution in [2.75, 3.05) is 5.73 Å². The van der Waals surface area contributed by atoms with E-state index in [1.54, 1.807) is 6.20 Å². The van der Waals surface area contributed by atoms with Crippen LogP contribution in [0.4, 0.5) is 5.69 Å². The van der Waals surface area contributed by atoms with Gasteiger partial charge in [-0.2, -0.15) is 4.98 Å². The van der Waals surface area contributed by atoms with E-state index in [0.29, 0.717) is 11.4 Å². The lowest BCUT2D eigenvalue weighted by Crippen LogP contribution is -1.84. The first-order chi connectivity index (χ1) is 7.84. The molecule has 2 N–H and O–H groups in total. The minimum atomic E-state index is 0.488. The molecule has 0 aliphatic rings. The molecule has 78 valence electrons. The summed E-state index contributed by atoms with van der Waals surface area (Å²) in [5.41, 5.74) is 8.49. The van der Waals surface area contributed by atoms with Gasteiger partial charge in [0.1, 0.15) is 12.0 Å². The predicted molar refractivity (Wildman–Crippen MR) is 59.4 cm³/mol. The standard InChI is InChI=1S/C11H8N4O/c12-8-3-1-7(2-4-8)10-9-5-13-6-14-11(9)16-15-10/h1-6H,12H2. The third kappa shape index (κ3) is 1.30. The maximum absolute atomic E-state index is 5.62. The Kier molecular flexibility index (Phi) is 1.83. The SMILES string of the molecule is Nc1ccc(-c2noc3ncncc23)cc1. The first-order valence-electron chi connectivity index (χ1n) is 4.76. The van der Waals surface area contributed by atoms with Gasteiger partial charge in [-0.05, 0) is 12.1 Å². The van der Waals surface area contributed by atoms with E-state index in [4.69, 9.17) is 10.3 Å². The van der Waals surface area contributed by atoms with Crippen LogP contribution in [0.5, 0.6) is 0 Å². The van der Waals surface area contributed by atoms with Gasteiger partial charge >= 0.3 is 0 Å². The number of hydrogen-bond donors (Lipinski definition) is 1. The highest BCUT2D eigenvalue weighted by Crippen LogP contribution is 2.26. The normalized spacial score (nSPS) is 10.8. The van der Waals surface area contributed by atoms with Crippen LogP contribution >= 0.6 is 0 Å². The summed E-state index contributed by atoms with van der Waals surface area (Å²) in [4.78, 5) is 7.93. The van der Waals surface area contributed by atoms with Crippen molar-refractivity contribution in [1.82, 2.24) is 15.1 Å². The molecule has 0 amide bonds. The zero-order chi connectivity index (χ0) is 11.0. The number of fused-ring (bicyclic) bond motifs is 1. The Morgan fingerprint density at radius 2 is 1.94 bits per heavy atom. The molecule has 3 aromatic rings. The van der Waals surface area contributed by atoms with E-state index in [1.807, 2.05) is 24.3 Å². The van der Waals surface area contributed by atoms with Gasteiger partial charge in [-0.15, -0.1) is 0 Å². The van der Waals surface area contributed by atoms with Gasteiger partial charge < -0.3 is 10.3 Å². The third-order valence-electron chi connectivity index (χ3n) is 2.34. The fourth-order valence-electron chi connectivity index (χ4n) is 1.54. The highest BCUT2D eigenvalue weighted by atomic mass is 16.5. The minimum Gasteiger partial charge on any atom is -0.399 e. The summed E-state index contributed by atoms with van der Waals surface area (Å²) in [7, 11) is 0. The Labute approximate surface area is 90.9 Å². The van der Waals surface area contributed by atoms with Gasteiger partial charge in [0.2, 0.25) is 0 Å². The number of nitrogens with two attached hydrogens (primary N) is 1. The highest BCUT2D eigenvalue weighted by Gasteiger charge is 2.10. The summed E-state index contributed by atoms with van der Waals surface area (Å²) in [6.07, 6.45) is 3.12. The Hall–Kier alpha value is -2.43. The van der Waals surface area contributed by atoms with E-state index in [0.717, 1.165) is 16.6 Å². The maximum atomic E-state index is 5.62. The molecule has 0 saturated heterocycles. The monoisotopic (exact) mass is 212 g/mol. The Morgan fingerprint density at radius 1 is 1.12 bits per heavy atom. The number of rotatable bonds is 1. The molecule has 5 heteroatoms. The molecule has 16 heavy (non-hydrogen) atoms. The first kappa shape index (κ1) is 8.84. The van der Waals surface area contributed by atoms with Gasteiger partial charge in [0, 0.05) is 17.4 Å². The zero-order valence-electron chi connectivity index (χ0n) is 8.29. The minimum absolute atomic E-state index is 0.488. The molecule has 0 aliphatic carbocycles. The molecule has 0 bridgehead atoms. The molecule has 2 heterocycles. The quantitative estimate of drug-likeness (QED) is 0.623. The zero-order valence-corrected chi connectivity index (χ0v) is 8.29. The number of hydrogen-bond acceptors (Lipinski definition) is 5. The average Bonchev–Trinajstić information content (AvgIpc) is 2.74. The highest BCUT2D eigenvalue weighted by molar-refractivity contribution is 5.88. The summed E-state index contributed by atoms with van der Waals surface area (Å²) in [6.45, 7) is 0. The lowest BCUT2D eigenvalue weighted by molar-refractivity contribution is 0.451. The van der Waals surface area contributed by atoms with Crippen molar-refractivity contribution in [2.45, 2.75) is 0 Å². The molecule has 0 saturated carbocycles. The smallest absolute Gasteiger partial charge is 0.261 e. The van der Waals surface area contributed by atoms with Crippen molar-refractivity contribution < 1.29 is 4.52 Å². The van der Waals surface area contributed by atoms with E-state index < -0.39 is 0 Å². The fraction of sp³-hybridized carbons (Fsp3) is 0. The topological polar surface area (TPSA) is 77.8 Å². The first-order valence-corrected chi connectivity index (χ1v) is 4.76. The molecule has 2 aromatic heterocycles. The molecular weight excluding hydrogens is 204 g/mol. The van der Waals surface area contributed by atoms with Gasteiger partial charge in [0.05, 0.1) is 5.39 Å². The average molecular weight is 212 g/mol. The van der Waals surface area contributed by atoms with Crippen LogP contribution in [0.2, 0.25) is 0 Å². The van der Waals surface area contributed by atoms with Crippen LogP contribution in [0.1, 0.15) is 0 Å². The summed E-state index contributed by atoms with van der Waals surface area (Å²) in [6, 6.07) is 7.42. The number of aromatic nitrogens is 3. The van der Waals surface area contributed by atoms with E-state index in [9.17, 15) is 0 Å². The van der Waals surface area contributed by atoms with Crippen molar-refractivity contribution in [3.05, 3.63) is 36.8 Å². The maximum Gasteiger partial charge on any atom is 0.261 e. The second-order valence-electron chi connectivity index (χ2n) is 3.39. The van der Waals surface area contributed by atoms with Crippen molar-refractivity contribution in [3.8, 4) is 11.3 Å². The van der Waals surface area contributed by atoms with Gasteiger partial charge in [-0.1, -0.05) is 17.3 Å². The predicted octanol–water partition coefficient (Wildman–Crippen LogP) is 1.87. The number of nitrogens with zero attached hydrogens (tertiary/aromatic N) is 3. The summed E-state index contributed by atoms with van der Waals surface area (Å²) in [5.74, 6) is 0. The molecule has 0 aliphatic heterocycles.